The van der Waals surface area contributed by atoms with Crippen molar-refractivity contribution in [2.24, 2.45) is 4.99 Å². The van der Waals surface area contributed by atoms with Crippen LogP contribution in [0.1, 0.15) is 40.3 Å². The van der Waals surface area contributed by atoms with E-state index in [1.54, 1.807) is 18.4 Å². The molecule has 0 saturated heterocycles. The molecule has 0 bridgehead atoms. The fourth-order valence-electron chi connectivity index (χ4n) is 2.85. The normalized spacial score (nSPS) is 11.3. The third kappa shape index (κ3) is 6.76. The van der Waals surface area contributed by atoms with E-state index >= 15 is 0 Å². The van der Waals surface area contributed by atoms with Crippen LogP contribution < -0.4 is 10.6 Å². The molecule has 0 fully saturated rings. The highest BCUT2D eigenvalue weighted by Crippen LogP contribution is 2.19. The number of thiazole rings is 1. The maximum atomic E-state index is 5.39. The standard InChI is InChI=1S/C21H28N6OS.HI/c1-5-7-18-26-20(28-27-18)17-9-6-8-16(12-17)13-24-21(22-4)23-11-10-19-25-14(2)15(3)29-19;/h6,8-9,12H,5,7,10-11,13H2,1-4H3,(H2,22,23,24);1H. The van der Waals surface area contributed by atoms with Crippen LogP contribution in [0.25, 0.3) is 11.5 Å². The van der Waals surface area contributed by atoms with E-state index in [1.165, 1.54) is 4.88 Å². The van der Waals surface area contributed by atoms with Gasteiger partial charge in [-0.1, -0.05) is 24.2 Å². The van der Waals surface area contributed by atoms with Crippen molar-refractivity contribution >= 4 is 41.3 Å². The van der Waals surface area contributed by atoms with Crippen LogP contribution in [0, 0.1) is 13.8 Å². The van der Waals surface area contributed by atoms with Crippen molar-refractivity contribution in [1.29, 1.82) is 0 Å². The molecule has 0 saturated carbocycles. The number of guanidine groups is 1. The van der Waals surface area contributed by atoms with Crippen molar-refractivity contribution in [3.63, 3.8) is 0 Å². The van der Waals surface area contributed by atoms with Crippen molar-refractivity contribution in [2.45, 2.75) is 46.6 Å². The van der Waals surface area contributed by atoms with E-state index in [9.17, 15) is 0 Å². The highest BCUT2D eigenvalue weighted by atomic mass is 127. The second kappa shape index (κ2) is 12.0. The molecule has 2 N–H and O–H groups in total. The smallest absolute Gasteiger partial charge is 0.257 e. The first-order valence-corrected chi connectivity index (χ1v) is 10.7. The van der Waals surface area contributed by atoms with Gasteiger partial charge in [0.1, 0.15) is 0 Å². The fraction of sp³-hybridized carbons (Fsp3) is 0.429. The molecule has 1 aromatic carbocycles. The summed E-state index contributed by atoms with van der Waals surface area (Å²) in [5.41, 5.74) is 3.17. The molecular weight excluding hydrogens is 511 g/mol. The van der Waals surface area contributed by atoms with Crippen LogP contribution >= 0.6 is 35.3 Å². The van der Waals surface area contributed by atoms with E-state index in [-0.39, 0.29) is 24.0 Å². The third-order valence-corrected chi connectivity index (χ3v) is 5.64. The average molecular weight is 540 g/mol. The molecule has 3 aromatic rings. The van der Waals surface area contributed by atoms with Crippen LogP contribution in [0.3, 0.4) is 0 Å². The van der Waals surface area contributed by atoms with E-state index in [4.69, 9.17) is 4.52 Å². The van der Waals surface area contributed by atoms with E-state index in [1.807, 2.05) is 12.1 Å². The molecule has 9 heteroatoms. The maximum Gasteiger partial charge on any atom is 0.257 e. The molecule has 0 spiro atoms. The highest BCUT2D eigenvalue weighted by Gasteiger charge is 2.09. The SMILES string of the molecule is CCCc1noc(-c2cccc(CNC(=NC)NCCc3nc(C)c(C)s3)c2)n1.I. The van der Waals surface area contributed by atoms with Crippen LogP contribution in [0.4, 0.5) is 0 Å². The molecule has 0 radical (unpaired) electrons. The van der Waals surface area contributed by atoms with Gasteiger partial charge in [0.15, 0.2) is 11.8 Å². The van der Waals surface area contributed by atoms with Crippen molar-refractivity contribution in [1.82, 2.24) is 25.8 Å². The van der Waals surface area contributed by atoms with Gasteiger partial charge < -0.3 is 15.2 Å². The Balaban J connectivity index is 0.00000320. The quantitative estimate of drug-likeness (QED) is 0.252. The van der Waals surface area contributed by atoms with Gasteiger partial charge in [-0.2, -0.15) is 4.98 Å². The van der Waals surface area contributed by atoms with E-state index < -0.39 is 0 Å². The van der Waals surface area contributed by atoms with Gasteiger partial charge in [0.2, 0.25) is 0 Å². The number of benzene rings is 1. The molecule has 7 nitrogen and oxygen atoms in total. The van der Waals surface area contributed by atoms with Crippen LogP contribution in [0.15, 0.2) is 33.8 Å². The zero-order chi connectivity index (χ0) is 20.6. The number of rotatable bonds is 8. The minimum absolute atomic E-state index is 0. The fourth-order valence-corrected chi connectivity index (χ4v) is 3.78. The van der Waals surface area contributed by atoms with Crippen LogP contribution in [0.2, 0.25) is 0 Å². The molecule has 162 valence electrons. The predicted molar refractivity (Wildman–Crippen MR) is 133 cm³/mol. The number of aryl methyl sites for hydroxylation is 3. The van der Waals surface area contributed by atoms with Gasteiger partial charge >= 0.3 is 0 Å². The molecule has 2 heterocycles. The first kappa shape index (κ1) is 24.3. The van der Waals surface area contributed by atoms with E-state index in [0.717, 1.165) is 59.4 Å². The molecule has 0 aliphatic heterocycles. The number of nitrogens with one attached hydrogen (secondary N) is 2. The zero-order valence-electron chi connectivity index (χ0n) is 17.9. The maximum absolute atomic E-state index is 5.39. The van der Waals surface area contributed by atoms with E-state index in [2.05, 4.69) is 63.7 Å². The molecular formula is C21H29IN6OS. The van der Waals surface area contributed by atoms with Gasteiger partial charge in [0.05, 0.1) is 10.7 Å². The lowest BCUT2D eigenvalue weighted by Gasteiger charge is -2.11. The molecule has 0 unspecified atom stereocenters. The number of aliphatic imine (C=N–C) groups is 1. The number of aromatic nitrogens is 3. The summed E-state index contributed by atoms with van der Waals surface area (Å²) in [4.78, 5) is 14.6. The summed E-state index contributed by atoms with van der Waals surface area (Å²) in [5.74, 6) is 2.08. The summed E-state index contributed by atoms with van der Waals surface area (Å²) >= 11 is 1.76. The summed E-state index contributed by atoms with van der Waals surface area (Å²) in [6.45, 7) is 7.70. The molecule has 0 aliphatic carbocycles. The summed E-state index contributed by atoms with van der Waals surface area (Å²) < 4.78 is 5.39. The lowest BCUT2D eigenvalue weighted by atomic mass is 10.1. The van der Waals surface area contributed by atoms with Crippen molar-refractivity contribution < 1.29 is 4.52 Å². The predicted octanol–water partition coefficient (Wildman–Crippen LogP) is 4.29. The summed E-state index contributed by atoms with van der Waals surface area (Å²) in [5, 5.41) is 11.9. The van der Waals surface area contributed by atoms with Gasteiger partial charge in [-0.25, -0.2) is 4.98 Å². The Morgan fingerprint density at radius 1 is 1.17 bits per heavy atom. The summed E-state index contributed by atoms with van der Waals surface area (Å²) in [6.07, 6.45) is 2.70. The van der Waals surface area contributed by atoms with Crippen molar-refractivity contribution in [2.75, 3.05) is 13.6 Å². The average Bonchev–Trinajstić information content (AvgIpc) is 3.31. The van der Waals surface area contributed by atoms with Gasteiger partial charge in [-0.05, 0) is 38.0 Å². The van der Waals surface area contributed by atoms with Gasteiger partial charge in [0.25, 0.3) is 5.89 Å². The Labute approximate surface area is 198 Å². The Kier molecular flexibility index (Phi) is 9.70. The van der Waals surface area contributed by atoms with Crippen LogP contribution in [-0.2, 0) is 19.4 Å². The van der Waals surface area contributed by atoms with E-state index in [0.29, 0.717) is 12.4 Å². The number of halogens is 1. The Morgan fingerprint density at radius 2 is 2.00 bits per heavy atom. The van der Waals surface area contributed by atoms with Gasteiger partial charge in [-0.3, -0.25) is 4.99 Å². The van der Waals surface area contributed by atoms with Crippen LogP contribution in [0.5, 0.6) is 0 Å². The van der Waals surface area contributed by atoms with Crippen molar-refractivity contribution in [3.8, 4) is 11.5 Å². The molecule has 0 amide bonds. The Morgan fingerprint density at radius 3 is 2.70 bits per heavy atom. The lowest BCUT2D eigenvalue weighted by Crippen LogP contribution is -2.37. The van der Waals surface area contributed by atoms with Gasteiger partial charge in [0, 0.05) is 43.4 Å². The first-order chi connectivity index (χ1) is 14.1. The Hall–Kier alpha value is -2.01. The zero-order valence-corrected chi connectivity index (χ0v) is 21.0. The first-order valence-electron chi connectivity index (χ1n) is 9.88. The second-order valence-corrected chi connectivity index (χ2v) is 8.11. The minimum atomic E-state index is 0. The number of nitrogens with zero attached hydrogens (tertiary/aromatic N) is 4. The minimum Gasteiger partial charge on any atom is -0.356 e. The monoisotopic (exact) mass is 540 g/mol. The largest absolute Gasteiger partial charge is 0.356 e. The number of hydrogen-bond acceptors (Lipinski definition) is 6. The lowest BCUT2D eigenvalue weighted by molar-refractivity contribution is 0.422. The molecule has 2 aromatic heterocycles. The molecule has 3 rings (SSSR count). The molecule has 0 atom stereocenters. The summed E-state index contributed by atoms with van der Waals surface area (Å²) in [6, 6.07) is 8.11. The third-order valence-electron chi connectivity index (χ3n) is 4.50. The van der Waals surface area contributed by atoms with Crippen LogP contribution in [-0.4, -0.2) is 34.7 Å². The second-order valence-electron chi connectivity index (χ2n) is 6.82. The molecule has 30 heavy (non-hydrogen) atoms. The molecule has 0 aliphatic rings. The highest BCUT2D eigenvalue weighted by molar-refractivity contribution is 14.0. The topological polar surface area (TPSA) is 88.2 Å². The summed E-state index contributed by atoms with van der Waals surface area (Å²) in [7, 11) is 1.77. The number of hydrogen-bond donors (Lipinski definition) is 2. The van der Waals surface area contributed by atoms with Crippen molar-refractivity contribution in [3.05, 3.63) is 51.2 Å². The van der Waals surface area contributed by atoms with Gasteiger partial charge in [-0.15, -0.1) is 35.3 Å². The Bertz CT molecular complexity index is 949.